The minimum atomic E-state index is 0. The van der Waals surface area contributed by atoms with Crippen LogP contribution in [-0.4, -0.2) is 45.9 Å². The molecule has 148 valence electrons. The van der Waals surface area contributed by atoms with Crippen molar-refractivity contribution in [3.05, 3.63) is 29.8 Å². The van der Waals surface area contributed by atoms with E-state index in [1.165, 1.54) is 24.8 Å². The second-order valence-corrected chi connectivity index (χ2v) is 6.88. The summed E-state index contributed by atoms with van der Waals surface area (Å²) in [6, 6.07) is 8.13. The molecule has 0 amide bonds. The van der Waals surface area contributed by atoms with E-state index in [-0.39, 0.29) is 24.0 Å². The third-order valence-electron chi connectivity index (χ3n) is 4.82. The molecule has 0 radical (unpaired) electrons. The second kappa shape index (κ2) is 12.4. The largest absolute Gasteiger partial charge is 0.492 e. The molecule has 1 fully saturated rings. The van der Waals surface area contributed by atoms with Crippen LogP contribution in [0.5, 0.6) is 5.75 Å². The normalized spacial score (nSPS) is 15.6. The third-order valence-corrected chi connectivity index (χ3v) is 4.82. The van der Waals surface area contributed by atoms with Crippen LogP contribution in [0, 0.1) is 12.3 Å². The van der Waals surface area contributed by atoms with Gasteiger partial charge in [0.1, 0.15) is 12.4 Å². The number of methoxy groups -OCH3 is 1. The third kappa shape index (κ3) is 7.70. The lowest BCUT2D eigenvalue weighted by Crippen LogP contribution is -2.41. The average molecular weight is 475 g/mol. The Morgan fingerprint density at radius 2 is 2.04 bits per heavy atom. The van der Waals surface area contributed by atoms with Gasteiger partial charge in [0.15, 0.2) is 5.96 Å². The van der Waals surface area contributed by atoms with Gasteiger partial charge in [0.2, 0.25) is 0 Å². The number of nitrogens with zero attached hydrogens (tertiary/aromatic N) is 1. The summed E-state index contributed by atoms with van der Waals surface area (Å²) in [4.78, 5) is 4.80. The number of aliphatic imine (C=N–C) groups is 1. The Hall–Kier alpha value is -1.02. The van der Waals surface area contributed by atoms with Crippen LogP contribution in [0.25, 0.3) is 0 Å². The molecule has 1 aliphatic carbocycles. The Kier molecular flexibility index (Phi) is 11.0. The van der Waals surface area contributed by atoms with Crippen LogP contribution < -0.4 is 15.4 Å². The zero-order valence-corrected chi connectivity index (χ0v) is 18.7. The van der Waals surface area contributed by atoms with Crippen LogP contribution in [0.2, 0.25) is 0 Å². The number of nitrogens with one attached hydrogen (secondary N) is 2. The Morgan fingerprint density at radius 1 is 1.23 bits per heavy atom. The molecule has 0 atom stereocenters. The topological polar surface area (TPSA) is 54.9 Å². The SMILES string of the molecule is CCNC(=NCC1(CCOC)CCC1)NCCOc1cccc(C)c1.I. The van der Waals surface area contributed by atoms with E-state index < -0.39 is 0 Å². The summed E-state index contributed by atoms with van der Waals surface area (Å²) in [7, 11) is 1.77. The van der Waals surface area contributed by atoms with Crippen molar-refractivity contribution >= 4 is 29.9 Å². The first kappa shape index (κ1) is 23.0. The van der Waals surface area contributed by atoms with Crippen LogP contribution >= 0.6 is 24.0 Å². The van der Waals surface area contributed by atoms with Crippen LogP contribution in [0.3, 0.4) is 0 Å². The molecule has 0 bridgehead atoms. The van der Waals surface area contributed by atoms with E-state index in [4.69, 9.17) is 14.5 Å². The van der Waals surface area contributed by atoms with Gasteiger partial charge in [-0.2, -0.15) is 0 Å². The molecule has 1 aromatic rings. The first-order valence-corrected chi connectivity index (χ1v) is 9.38. The quantitative estimate of drug-likeness (QED) is 0.234. The molecule has 1 aromatic carbocycles. The van der Waals surface area contributed by atoms with Gasteiger partial charge in [-0.1, -0.05) is 18.6 Å². The van der Waals surface area contributed by atoms with Gasteiger partial charge in [-0.3, -0.25) is 4.99 Å². The number of aryl methyl sites for hydroxylation is 1. The average Bonchev–Trinajstić information content (AvgIpc) is 2.57. The van der Waals surface area contributed by atoms with Gasteiger partial charge in [0.25, 0.3) is 0 Å². The molecule has 2 N–H and O–H groups in total. The van der Waals surface area contributed by atoms with Gasteiger partial charge in [0, 0.05) is 26.8 Å². The molecular formula is C20H34IN3O2. The van der Waals surface area contributed by atoms with E-state index in [1.54, 1.807) is 7.11 Å². The Bertz CT molecular complexity index is 548. The second-order valence-electron chi connectivity index (χ2n) is 6.88. The molecule has 26 heavy (non-hydrogen) atoms. The van der Waals surface area contributed by atoms with Crippen LogP contribution in [0.1, 0.15) is 38.2 Å². The Labute approximate surface area is 175 Å². The standard InChI is InChI=1S/C20H33N3O2.HI/c1-4-21-19(23-16-20(9-6-10-20)11-13-24-3)22-12-14-25-18-8-5-7-17(2)15-18;/h5,7-8,15H,4,6,9-14,16H2,1-3H3,(H2,21,22,23);1H. The highest BCUT2D eigenvalue weighted by molar-refractivity contribution is 14.0. The molecule has 0 heterocycles. The molecule has 5 nitrogen and oxygen atoms in total. The lowest BCUT2D eigenvalue weighted by Gasteiger charge is -2.40. The van der Waals surface area contributed by atoms with E-state index in [9.17, 15) is 0 Å². The number of hydrogen-bond acceptors (Lipinski definition) is 3. The Morgan fingerprint density at radius 3 is 2.65 bits per heavy atom. The molecule has 0 unspecified atom stereocenters. The summed E-state index contributed by atoms with van der Waals surface area (Å²) >= 11 is 0. The van der Waals surface area contributed by atoms with Gasteiger partial charge >= 0.3 is 0 Å². The molecule has 0 aromatic heterocycles. The van der Waals surface area contributed by atoms with Crippen molar-refractivity contribution in [1.82, 2.24) is 10.6 Å². The van der Waals surface area contributed by atoms with Crippen molar-refractivity contribution in [3.8, 4) is 5.75 Å². The van der Waals surface area contributed by atoms with Gasteiger partial charge in [-0.05, 0) is 56.2 Å². The number of guanidine groups is 1. The van der Waals surface area contributed by atoms with Gasteiger partial charge in [-0.15, -0.1) is 24.0 Å². The predicted octanol–water partition coefficient (Wildman–Crippen LogP) is 3.75. The van der Waals surface area contributed by atoms with Crippen molar-refractivity contribution in [2.24, 2.45) is 10.4 Å². The minimum absolute atomic E-state index is 0. The molecule has 2 rings (SSSR count). The number of hydrogen-bond donors (Lipinski definition) is 2. The van der Waals surface area contributed by atoms with E-state index >= 15 is 0 Å². The fourth-order valence-corrected chi connectivity index (χ4v) is 3.11. The number of ether oxygens (including phenoxy) is 2. The highest BCUT2D eigenvalue weighted by Gasteiger charge is 2.36. The molecule has 1 saturated carbocycles. The summed E-state index contributed by atoms with van der Waals surface area (Å²) < 4.78 is 11.0. The maximum absolute atomic E-state index is 5.78. The zero-order valence-electron chi connectivity index (χ0n) is 16.3. The summed E-state index contributed by atoms with van der Waals surface area (Å²) in [5.74, 6) is 1.79. The minimum Gasteiger partial charge on any atom is -0.492 e. The van der Waals surface area contributed by atoms with Crippen molar-refractivity contribution in [1.29, 1.82) is 0 Å². The smallest absolute Gasteiger partial charge is 0.191 e. The van der Waals surface area contributed by atoms with Crippen LogP contribution in [0.15, 0.2) is 29.3 Å². The highest BCUT2D eigenvalue weighted by Crippen LogP contribution is 2.44. The van der Waals surface area contributed by atoms with E-state index in [0.717, 1.165) is 44.4 Å². The van der Waals surface area contributed by atoms with Crippen molar-refractivity contribution in [2.45, 2.75) is 39.5 Å². The van der Waals surface area contributed by atoms with Crippen molar-refractivity contribution in [2.75, 3.05) is 40.0 Å². The molecule has 6 heteroatoms. The maximum atomic E-state index is 5.78. The van der Waals surface area contributed by atoms with Crippen LogP contribution in [0.4, 0.5) is 0 Å². The summed E-state index contributed by atoms with van der Waals surface area (Å²) in [6.07, 6.45) is 4.93. The van der Waals surface area contributed by atoms with E-state index in [2.05, 4.69) is 36.6 Å². The molecule has 1 aliphatic rings. The van der Waals surface area contributed by atoms with Crippen molar-refractivity contribution in [3.63, 3.8) is 0 Å². The molecular weight excluding hydrogens is 441 g/mol. The number of benzene rings is 1. The fourth-order valence-electron chi connectivity index (χ4n) is 3.11. The lowest BCUT2D eigenvalue weighted by atomic mass is 9.67. The first-order valence-electron chi connectivity index (χ1n) is 9.38. The Balaban J connectivity index is 0.00000338. The molecule has 0 aliphatic heterocycles. The molecule has 0 spiro atoms. The summed E-state index contributed by atoms with van der Waals surface area (Å²) in [5.41, 5.74) is 1.55. The monoisotopic (exact) mass is 475 g/mol. The predicted molar refractivity (Wildman–Crippen MR) is 119 cm³/mol. The lowest BCUT2D eigenvalue weighted by molar-refractivity contribution is 0.0778. The summed E-state index contributed by atoms with van der Waals surface area (Å²) in [6.45, 7) is 8.04. The van der Waals surface area contributed by atoms with Crippen LogP contribution in [-0.2, 0) is 4.74 Å². The highest BCUT2D eigenvalue weighted by atomic mass is 127. The zero-order chi connectivity index (χ0) is 18.0. The maximum Gasteiger partial charge on any atom is 0.191 e. The van der Waals surface area contributed by atoms with E-state index in [1.807, 2.05) is 12.1 Å². The van der Waals surface area contributed by atoms with Gasteiger partial charge in [0.05, 0.1) is 6.54 Å². The molecule has 0 saturated heterocycles. The van der Waals surface area contributed by atoms with Gasteiger partial charge in [-0.25, -0.2) is 0 Å². The number of rotatable bonds is 10. The van der Waals surface area contributed by atoms with E-state index in [0.29, 0.717) is 12.0 Å². The summed E-state index contributed by atoms with van der Waals surface area (Å²) in [5, 5.41) is 6.68. The fraction of sp³-hybridized carbons (Fsp3) is 0.650. The van der Waals surface area contributed by atoms with Gasteiger partial charge < -0.3 is 20.1 Å². The van der Waals surface area contributed by atoms with Crippen molar-refractivity contribution < 1.29 is 9.47 Å². The number of halogens is 1. The first-order chi connectivity index (χ1) is 12.2.